The molecule has 88 valence electrons. The van der Waals surface area contributed by atoms with Crippen LogP contribution < -0.4 is 11.1 Å². The Labute approximate surface area is 95.8 Å². The molecular weight excluding hydrogens is 204 g/mol. The SMILES string of the molecule is COC(C)C(=O)NCc1ccc(CN)cc1. The highest BCUT2D eigenvalue weighted by molar-refractivity contribution is 5.80. The minimum atomic E-state index is -0.414. The van der Waals surface area contributed by atoms with Crippen molar-refractivity contribution in [3.63, 3.8) is 0 Å². The Morgan fingerprint density at radius 3 is 2.44 bits per heavy atom. The summed E-state index contributed by atoms with van der Waals surface area (Å²) in [4.78, 5) is 11.4. The van der Waals surface area contributed by atoms with E-state index in [0.717, 1.165) is 11.1 Å². The maximum absolute atomic E-state index is 11.4. The van der Waals surface area contributed by atoms with Gasteiger partial charge in [0.05, 0.1) is 0 Å². The maximum Gasteiger partial charge on any atom is 0.249 e. The summed E-state index contributed by atoms with van der Waals surface area (Å²) in [5, 5.41) is 2.79. The molecule has 0 aliphatic heterocycles. The summed E-state index contributed by atoms with van der Waals surface area (Å²) < 4.78 is 4.91. The zero-order chi connectivity index (χ0) is 12.0. The Bertz CT molecular complexity index is 335. The van der Waals surface area contributed by atoms with E-state index >= 15 is 0 Å². The fourth-order valence-electron chi connectivity index (χ4n) is 1.23. The number of amides is 1. The van der Waals surface area contributed by atoms with E-state index in [-0.39, 0.29) is 5.91 Å². The lowest BCUT2D eigenvalue weighted by atomic mass is 10.1. The summed E-state index contributed by atoms with van der Waals surface area (Å²) in [6, 6.07) is 7.84. The lowest BCUT2D eigenvalue weighted by molar-refractivity contribution is -0.130. The molecule has 0 spiro atoms. The van der Waals surface area contributed by atoms with E-state index in [4.69, 9.17) is 10.5 Å². The lowest BCUT2D eigenvalue weighted by Gasteiger charge is -2.10. The van der Waals surface area contributed by atoms with E-state index in [0.29, 0.717) is 13.1 Å². The molecule has 1 atom stereocenters. The second kappa shape index (κ2) is 6.25. The molecular formula is C12H18N2O2. The van der Waals surface area contributed by atoms with Crippen LogP contribution in [0.1, 0.15) is 18.1 Å². The molecule has 0 aromatic heterocycles. The maximum atomic E-state index is 11.4. The number of benzene rings is 1. The quantitative estimate of drug-likeness (QED) is 0.774. The van der Waals surface area contributed by atoms with Crippen LogP contribution in [0, 0.1) is 0 Å². The van der Waals surface area contributed by atoms with Crippen LogP contribution in [0.4, 0.5) is 0 Å². The van der Waals surface area contributed by atoms with Crippen molar-refractivity contribution in [3.8, 4) is 0 Å². The normalized spacial score (nSPS) is 12.2. The van der Waals surface area contributed by atoms with E-state index < -0.39 is 6.10 Å². The van der Waals surface area contributed by atoms with Crippen LogP contribution in [0.15, 0.2) is 24.3 Å². The van der Waals surface area contributed by atoms with Gasteiger partial charge in [0.25, 0.3) is 0 Å². The molecule has 16 heavy (non-hydrogen) atoms. The van der Waals surface area contributed by atoms with Crippen molar-refractivity contribution in [3.05, 3.63) is 35.4 Å². The van der Waals surface area contributed by atoms with Crippen molar-refractivity contribution in [1.82, 2.24) is 5.32 Å². The predicted molar refractivity (Wildman–Crippen MR) is 62.7 cm³/mol. The number of methoxy groups -OCH3 is 1. The van der Waals surface area contributed by atoms with Gasteiger partial charge in [0.1, 0.15) is 6.10 Å². The van der Waals surface area contributed by atoms with Gasteiger partial charge in [0.15, 0.2) is 0 Å². The van der Waals surface area contributed by atoms with Crippen LogP contribution >= 0.6 is 0 Å². The summed E-state index contributed by atoms with van der Waals surface area (Å²) in [5.74, 6) is -0.106. The molecule has 0 heterocycles. The topological polar surface area (TPSA) is 64.3 Å². The molecule has 0 saturated heterocycles. The van der Waals surface area contributed by atoms with Crippen LogP contribution in [0.5, 0.6) is 0 Å². The smallest absolute Gasteiger partial charge is 0.249 e. The van der Waals surface area contributed by atoms with Gasteiger partial charge in [-0.25, -0.2) is 0 Å². The number of rotatable bonds is 5. The van der Waals surface area contributed by atoms with Crippen LogP contribution in [-0.2, 0) is 22.6 Å². The molecule has 1 amide bonds. The van der Waals surface area contributed by atoms with Crippen LogP contribution in [0.25, 0.3) is 0 Å². The molecule has 1 aromatic carbocycles. The first-order valence-corrected chi connectivity index (χ1v) is 5.25. The largest absolute Gasteiger partial charge is 0.372 e. The third-order valence-corrected chi connectivity index (χ3v) is 2.45. The molecule has 3 N–H and O–H groups in total. The molecule has 0 saturated carbocycles. The van der Waals surface area contributed by atoms with Crippen molar-refractivity contribution in [2.45, 2.75) is 26.1 Å². The van der Waals surface area contributed by atoms with Crippen LogP contribution in [0.3, 0.4) is 0 Å². The molecule has 0 aliphatic carbocycles. The molecule has 0 fully saturated rings. The lowest BCUT2D eigenvalue weighted by Crippen LogP contribution is -2.33. The Hall–Kier alpha value is -1.39. The molecule has 1 aromatic rings. The summed E-state index contributed by atoms with van der Waals surface area (Å²) in [7, 11) is 1.51. The fraction of sp³-hybridized carbons (Fsp3) is 0.417. The first-order chi connectivity index (χ1) is 7.67. The first kappa shape index (κ1) is 12.7. The third-order valence-electron chi connectivity index (χ3n) is 2.45. The van der Waals surface area contributed by atoms with E-state index in [1.165, 1.54) is 7.11 Å². The summed E-state index contributed by atoms with van der Waals surface area (Å²) in [5.41, 5.74) is 7.63. The predicted octanol–water partition coefficient (Wildman–Crippen LogP) is 0.796. The number of nitrogens with one attached hydrogen (secondary N) is 1. The van der Waals surface area contributed by atoms with Crippen molar-refractivity contribution >= 4 is 5.91 Å². The highest BCUT2D eigenvalue weighted by Crippen LogP contribution is 2.03. The van der Waals surface area contributed by atoms with E-state index in [9.17, 15) is 4.79 Å². The highest BCUT2D eigenvalue weighted by atomic mass is 16.5. The van der Waals surface area contributed by atoms with Gasteiger partial charge in [-0.15, -0.1) is 0 Å². The van der Waals surface area contributed by atoms with Gasteiger partial charge in [-0.1, -0.05) is 24.3 Å². The van der Waals surface area contributed by atoms with Gasteiger partial charge in [-0.3, -0.25) is 4.79 Å². The van der Waals surface area contributed by atoms with Gasteiger partial charge in [0, 0.05) is 20.2 Å². The molecule has 4 nitrogen and oxygen atoms in total. The van der Waals surface area contributed by atoms with Gasteiger partial charge in [-0.05, 0) is 18.1 Å². The van der Waals surface area contributed by atoms with Crippen molar-refractivity contribution < 1.29 is 9.53 Å². The van der Waals surface area contributed by atoms with E-state index in [1.54, 1.807) is 6.92 Å². The van der Waals surface area contributed by atoms with E-state index in [1.807, 2.05) is 24.3 Å². The Morgan fingerprint density at radius 2 is 1.94 bits per heavy atom. The Morgan fingerprint density at radius 1 is 1.38 bits per heavy atom. The second-order valence-electron chi connectivity index (χ2n) is 3.62. The van der Waals surface area contributed by atoms with Gasteiger partial charge >= 0.3 is 0 Å². The Balaban J connectivity index is 2.45. The molecule has 0 radical (unpaired) electrons. The van der Waals surface area contributed by atoms with Crippen LogP contribution in [-0.4, -0.2) is 19.1 Å². The third kappa shape index (κ3) is 3.64. The van der Waals surface area contributed by atoms with Crippen molar-refractivity contribution in [2.24, 2.45) is 5.73 Å². The second-order valence-corrected chi connectivity index (χ2v) is 3.62. The first-order valence-electron chi connectivity index (χ1n) is 5.25. The zero-order valence-corrected chi connectivity index (χ0v) is 9.69. The van der Waals surface area contributed by atoms with Crippen molar-refractivity contribution in [2.75, 3.05) is 7.11 Å². The van der Waals surface area contributed by atoms with E-state index in [2.05, 4.69) is 5.32 Å². The van der Waals surface area contributed by atoms with Crippen LogP contribution in [0.2, 0.25) is 0 Å². The molecule has 0 aliphatic rings. The average molecular weight is 222 g/mol. The molecule has 0 bridgehead atoms. The summed E-state index contributed by atoms with van der Waals surface area (Å²) >= 11 is 0. The number of ether oxygens (including phenoxy) is 1. The average Bonchev–Trinajstić information content (AvgIpc) is 2.35. The molecule has 1 unspecified atom stereocenters. The summed E-state index contributed by atoms with van der Waals surface area (Å²) in [6.45, 7) is 2.76. The monoisotopic (exact) mass is 222 g/mol. The standard InChI is InChI=1S/C12H18N2O2/c1-9(16-2)12(15)14-8-11-5-3-10(7-13)4-6-11/h3-6,9H,7-8,13H2,1-2H3,(H,14,15). The number of carbonyl (C=O) groups is 1. The van der Waals surface area contributed by atoms with Gasteiger partial charge in [0.2, 0.25) is 5.91 Å². The minimum absolute atomic E-state index is 0.106. The molecule has 4 heteroatoms. The number of hydrogen-bond donors (Lipinski definition) is 2. The minimum Gasteiger partial charge on any atom is -0.372 e. The highest BCUT2D eigenvalue weighted by Gasteiger charge is 2.10. The number of hydrogen-bond acceptors (Lipinski definition) is 3. The summed E-state index contributed by atoms with van der Waals surface area (Å²) in [6.07, 6.45) is -0.414. The van der Waals surface area contributed by atoms with Crippen molar-refractivity contribution in [1.29, 1.82) is 0 Å². The number of carbonyl (C=O) groups excluding carboxylic acids is 1. The number of nitrogens with two attached hydrogens (primary N) is 1. The van der Waals surface area contributed by atoms with Gasteiger partial charge < -0.3 is 15.8 Å². The van der Waals surface area contributed by atoms with Gasteiger partial charge in [-0.2, -0.15) is 0 Å². The molecule has 1 rings (SSSR count). The fourth-order valence-corrected chi connectivity index (χ4v) is 1.23. The zero-order valence-electron chi connectivity index (χ0n) is 9.69. The Kier molecular flexibility index (Phi) is 4.95.